The van der Waals surface area contributed by atoms with Gasteiger partial charge in [-0.2, -0.15) is 4.39 Å². The monoisotopic (exact) mass is 172 g/mol. The number of fused-ring (bicyclic) bond motifs is 1. The first-order valence-corrected chi connectivity index (χ1v) is 3.49. The molecule has 1 aliphatic heterocycles. The number of hydrogen-bond donors (Lipinski definition) is 1. The predicted molar refractivity (Wildman–Crippen MR) is 36.8 cm³/mol. The van der Waals surface area contributed by atoms with Crippen LogP contribution < -0.4 is 4.74 Å². The van der Waals surface area contributed by atoms with Gasteiger partial charge in [0.2, 0.25) is 5.82 Å². The molecule has 1 aromatic rings. The third kappa shape index (κ3) is 0.881. The maximum Gasteiger partial charge on any atom is 0.200 e. The lowest BCUT2D eigenvalue weighted by Gasteiger charge is -2.00. The average Bonchev–Trinajstić information content (AvgIpc) is 2.41. The van der Waals surface area contributed by atoms with Crippen LogP contribution in [0.3, 0.4) is 0 Å². The lowest BCUT2D eigenvalue weighted by molar-refractivity contribution is 0.139. The zero-order valence-electron chi connectivity index (χ0n) is 6.05. The fourth-order valence-corrected chi connectivity index (χ4v) is 1.21. The van der Waals surface area contributed by atoms with E-state index in [1.807, 2.05) is 0 Å². The molecule has 1 unspecified atom stereocenters. The first kappa shape index (κ1) is 7.49. The van der Waals surface area contributed by atoms with Crippen LogP contribution in [0.5, 0.6) is 5.75 Å². The highest BCUT2D eigenvalue weighted by atomic mass is 19.2. The van der Waals surface area contributed by atoms with E-state index in [2.05, 4.69) is 0 Å². The van der Waals surface area contributed by atoms with Gasteiger partial charge in [0.15, 0.2) is 11.6 Å². The lowest BCUT2D eigenvalue weighted by Crippen LogP contribution is -1.97. The molecule has 0 bridgehead atoms. The van der Waals surface area contributed by atoms with Gasteiger partial charge in [0.1, 0.15) is 12.7 Å². The minimum absolute atomic E-state index is 0.00426. The molecule has 64 valence electrons. The molecule has 0 saturated carbocycles. The minimum atomic E-state index is -1.02. The summed E-state index contributed by atoms with van der Waals surface area (Å²) in [5.41, 5.74) is 0.314. The van der Waals surface area contributed by atoms with Crippen LogP contribution in [0.2, 0.25) is 0 Å². The van der Waals surface area contributed by atoms with Crippen LogP contribution in [0.25, 0.3) is 0 Å². The maximum atomic E-state index is 12.9. The molecule has 0 aromatic heterocycles. The second kappa shape index (κ2) is 2.42. The van der Waals surface area contributed by atoms with E-state index in [1.165, 1.54) is 6.07 Å². The van der Waals surface area contributed by atoms with Crippen LogP contribution in [-0.4, -0.2) is 11.7 Å². The van der Waals surface area contributed by atoms with Gasteiger partial charge in [0.05, 0.1) is 0 Å². The second-order valence-electron chi connectivity index (χ2n) is 2.61. The van der Waals surface area contributed by atoms with Gasteiger partial charge in [0, 0.05) is 5.56 Å². The molecule has 1 aromatic carbocycles. The third-order valence-electron chi connectivity index (χ3n) is 1.82. The van der Waals surface area contributed by atoms with E-state index < -0.39 is 17.7 Å². The molecule has 2 rings (SSSR count). The fourth-order valence-electron chi connectivity index (χ4n) is 1.21. The number of benzene rings is 1. The molecule has 0 radical (unpaired) electrons. The molecular weight excluding hydrogens is 166 g/mol. The van der Waals surface area contributed by atoms with Gasteiger partial charge in [-0.1, -0.05) is 0 Å². The van der Waals surface area contributed by atoms with Gasteiger partial charge in [-0.05, 0) is 12.1 Å². The molecule has 2 nitrogen and oxygen atoms in total. The van der Waals surface area contributed by atoms with E-state index in [0.29, 0.717) is 5.56 Å². The Labute approximate surface area is 67.4 Å². The Morgan fingerprint density at radius 2 is 2.17 bits per heavy atom. The summed E-state index contributed by atoms with van der Waals surface area (Å²) >= 11 is 0. The zero-order valence-corrected chi connectivity index (χ0v) is 6.05. The van der Waals surface area contributed by atoms with E-state index in [9.17, 15) is 13.9 Å². The van der Waals surface area contributed by atoms with Crippen molar-refractivity contribution < 1.29 is 18.6 Å². The van der Waals surface area contributed by atoms with Crippen LogP contribution in [0, 0.1) is 11.6 Å². The summed E-state index contributed by atoms with van der Waals surface area (Å²) in [6.07, 6.45) is -0.838. The lowest BCUT2D eigenvalue weighted by atomic mass is 10.1. The molecule has 0 fully saturated rings. The minimum Gasteiger partial charge on any atom is -0.487 e. The van der Waals surface area contributed by atoms with E-state index in [4.69, 9.17) is 4.74 Å². The highest BCUT2D eigenvalue weighted by Crippen LogP contribution is 2.35. The highest BCUT2D eigenvalue weighted by molar-refractivity contribution is 5.40. The van der Waals surface area contributed by atoms with Crippen LogP contribution >= 0.6 is 0 Å². The number of rotatable bonds is 0. The van der Waals surface area contributed by atoms with Crippen molar-refractivity contribution in [3.05, 3.63) is 29.3 Å². The smallest absolute Gasteiger partial charge is 0.200 e. The number of aliphatic hydroxyl groups is 1. The number of aliphatic hydroxyl groups excluding tert-OH is 1. The van der Waals surface area contributed by atoms with Crippen molar-refractivity contribution in [3.63, 3.8) is 0 Å². The normalized spacial score (nSPS) is 20.4. The van der Waals surface area contributed by atoms with Crippen molar-refractivity contribution in [3.8, 4) is 5.75 Å². The van der Waals surface area contributed by atoms with Gasteiger partial charge in [-0.25, -0.2) is 4.39 Å². The second-order valence-corrected chi connectivity index (χ2v) is 2.61. The van der Waals surface area contributed by atoms with Crippen LogP contribution in [0.15, 0.2) is 12.1 Å². The Morgan fingerprint density at radius 3 is 2.92 bits per heavy atom. The van der Waals surface area contributed by atoms with Crippen LogP contribution in [-0.2, 0) is 0 Å². The predicted octanol–water partition coefficient (Wildman–Crippen LogP) is 1.39. The number of ether oxygens (including phenoxy) is 1. The van der Waals surface area contributed by atoms with Crippen molar-refractivity contribution >= 4 is 0 Å². The molecule has 1 heterocycles. The summed E-state index contributed by atoms with van der Waals surface area (Å²) in [7, 11) is 0. The van der Waals surface area contributed by atoms with Crippen molar-refractivity contribution in [2.24, 2.45) is 0 Å². The highest BCUT2D eigenvalue weighted by Gasteiger charge is 2.26. The molecule has 0 saturated heterocycles. The molecule has 1 N–H and O–H groups in total. The van der Waals surface area contributed by atoms with E-state index in [1.54, 1.807) is 0 Å². The fraction of sp³-hybridized carbons (Fsp3) is 0.250. The molecule has 1 aliphatic rings. The van der Waals surface area contributed by atoms with E-state index in [-0.39, 0.29) is 12.4 Å². The summed E-state index contributed by atoms with van der Waals surface area (Å²) in [5, 5.41) is 9.18. The summed E-state index contributed by atoms with van der Waals surface area (Å²) in [6.45, 7) is -0.00426. The zero-order chi connectivity index (χ0) is 8.72. The topological polar surface area (TPSA) is 29.5 Å². The summed E-state index contributed by atoms with van der Waals surface area (Å²) in [5.74, 6) is -2.14. The maximum absolute atomic E-state index is 12.9. The van der Waals surface area contributed by atoms with Crippen molar-refractivity contribution in [1.82, 2.24) is 0 Å². The Kier molecular flexibility index (Phi) is 1.51. The van der Waals surface area contributed by atoms with Gasteiger partial charge >= 0.3 is 0 Å². The standard InChI is InChI=1S/C8H6F2O2/c9-5-2-1-4-6(11)3-12-8(4)7(5)10/h1-2,6,11H,3H2. The molecule has 1 atom stereocenters. The summed E-state index contributed by atoms with van der Waals surface area (Å²) < 4.78 is 30.2. The molecule has 0 amide bonds. The van der Waals surface area contributed by atoms with Gasteiger partial charge < -0.3 is 9.84 Å². The SMILES string of the molecule is OC1COc2c1ccc(F)c2F. The first-order valence-electron chi connectivity index (χ1n) is 3.49. The van der Waals surface area contributed by atoms with Crippen molar-refractivity contribution in [2.75, 3.05) is 6.61 Å². The molecule has 0 spiro atoms. The largest absolute Gasteiger partial charge is 0.487 e. The van der Waals surface area contributed by atoms with E-state index in [0.717, 1.165) is 6.07 Å². The Balaban J connectivity index is 2.60. The number of halogens is 2. The Hall–Kier alpha value is -1.16. The summed E-state index contributed by atoms with van der Waals surface area (Å²) in [6, 6.07) is 2.30. The molecule has 0 aliphatic carbocycles. The van der Waals surface area contributed by atoms with Gasteiger partial charge in [-0.15, -0.1) is 0 Å². The quantitative estimate of drug-likeness (QED) is 0.640. The summed E-state index contributed by atoms with van der Waals surface area (Å²) in [4.78, 5) is 0. The Bertz CT molecular complexity index is 325. The number of hydrogen-bond acceptors (Lipinski definition) is 2. The average molecular weight is 172 g/mol. The van der Waals surface area contributed by atoms with Crippen LogP contribution in [0.1, 0.15) is 11.7 Å². The molecular formula is C8H6F2O2. The molecule has 12 heavy (non-hydrogen) atoms. The third-order valence-corrected chi connectivity index (χ3v) is 1.82. The van der Waals surface area contributed by atoms with E-state index >= 15 is 0 Å². The first-order chi connectivity index (χ1) is 5.70. The van der Waals surface area contributed by atoms with Crippen molar-refractivity contribution in [2.45, 2.75) is 6.10 Å². The Morgan fingerprint density at radius 1 is 1.42 bits per heavy atom. The van der Waals surface area contributed by atoms with Gasteiger partial charge in [0.25, 0.3) is 0 Å². The van der Waals surface area contributed by atoms with Crippen molar-refractivity contribution in [1.29, 1.82) is 0 Å². The van der Waals surface area contributed by atoms with Crippen LogP contribution in [0.4, 0.5) is 8.78 Å². The molecule has 4 heteroatoms. The van der Waals surface area contributed by atoms with Gasteiger partial charge in [-0.3, -0.25) is 0 Å².